The Labute approximate surface area is 71.3 Å². The van der Waals surface area contributed by atoms with E-state index in [1.807, 2.05) is 34.6 Å². The zero-order valence-corrected chi connectivity index (χ0v) is 8.44. The molecule has 0 aromatic heterocycles. The van der Waals surface area contributed by atoms with Gasteiger partial charge < -0.3 is 5.41 Å². The minimum atomic E-state index is 0.975. The summed E-state index contributed by atoms with van der Waals surface area (Å²) in [6.45, 7) is 13.5. The van der Waals surface area contributed by atoms with Gasteiger partial charge in [-0.15, -0.1) is 0 Å². The molecule has 11 heavy (non-hydrogen) atoms. The van der Waals surface area contributed by atoms with Gasteiger partial charge >= 0.3 is 0 Å². The normalized spacial score (nSPS) is 7.00. The largest absolute Gasteiger partial charge is 0.309 e. The van der Waals surface area contributed by atoms with E-state index in [0.29, 0.717) is 0 Å². The zero-order chi connectivity index (χ0) is 9.70. The molecule has 0 aliphatic rings. The van der Waals surface area contributed by atoms with Gasteiger partial charge in [-0.3, -0.25) is 0 Å². The molecule has 66 valence electrons. The first-order valence-corrected chi connectivity index (χ1v) is 4.10. The third kappa shape index (κ3) is 47.1. The van der Waals surface area contributed by atoms with Gasteiger partial charge in [-0.1, -0.05) is 45.9 Å². The van der Waals surface area contributed by atoms with E-state index in [0.717, 1.165) is 5.57 Å². The lowest BCUT2D eigenvalue weighted by atomic mass is 10.3. The van der Waals surface area contributed by atoms with Crippen LogP contribution in [0.25, 0.3) is 0 Å². The molecule has 0 aromatic rings. The lowest BCUT2D eigenvalue weighted by Crippen LogP contribution is -1.60. The van der Waals surface area contributed by atoms with Crippen LogP contribution in [0.5, 0.6) is 0 Å². The first-order chi connectivity index (χ1) is 5.27. The van der Waals surface area contributed by atoms with Crippen molar-refractivity contribution >= 4 is 6.21 Å². The molecule has 0 heterocycles. The maximum atomic E-state index is 6.54. The molecular weight excluding hydrogens is 134 g/mol. The smallest absolute Gasteiger partial charge is 0.0177 e. The molecule has 0 spiro atoms. The number of hydrogen-bond acceptors (Lipinski definition) is 1. The third-order valence-corrected chi connectivity index (χ3v) is 0.477. The van der Waals surface area contributed by atoms with E-state index >= 15 is 0 Å². The van der Waals surface area contributed by atoms with Crippen molar-refractivity contribution in [1.29, 1.82) is 5.41 Å². The van der Waals surface area contributed by atoms with E-state index < -0.39 is 0 Å². The summed E-state index contributed by atoms with van der Waals surface area (Å²) in [5.74, 6) is 0. The molecule has 0 bridgehead atoms. The van der Waals surface area contributed by atoms with E-state index in [1.54, 1.807) is 12.2 Å². The Morgan fingerprint density at radius 3 is 1.64 bits per heavy atom. The average molecular weight is 155 g/mol. The van der Waals surface area contributed by atoms with Crippen LogP contribution in [0.15, 0.2) is 24.3 Å². The lowest BCUT2D eigenvalue weighted by molar-refractivity contribution is 1.50. The Hall–Kier alpha value is -0.850. The molecule has 0 rings (SSSR count). The van der Waals surface area contributed by atoms with Crippen LogP contribution in [-0.2, 0) is 0 Å². The van der Waals surface area contributed by atoms with Crippen LogP contribution >= 0.6 is 0 Å². The summed E-state index contributed by atoms with van der Waals surface area (Å²) < 4.78 is 0. The summed E-state index contributed by atoms with van der Waals surface area (Å²) in [6.07, 6.45) is 4.66. The van der Waals surface area contributed by atoms with Gasteiger partial charge in [0, 0.05) is 6.21 Å². The molecule has 0 unspecified atom stereocenters. The van der Waals surface area contributed by atoms with Crippen LogP contribution in [0.3, 0.4) is 0 Å². The maximum Gasteiger partial charge on any atom is 0.0177 e. The fourth-order valence-corrected chi connectivity index (χ4v) is 0.212. The van der Waals surface area contributed by atoms with Crippen molar-refractivity contribution in [3.8, 4) is 0 Å². The van der Waals surface area contributed by atoms with Crippen molar-refractivity contribution in [2.24, 2.45) is 0 Å². The van der Waals surface area contributed by atoms with Gasteiger partial charge in [0.15, 0.2) is 0 Å². The second kappa shape index (κ2) is 22.9. The number of hydrogen-bond donors (Lipinski definition) is 1. The van der Waals surface area contributed by atoms with Gasteiger partial charge in [-0.05, 0) is 13.0 Å². The molecule has 1 N–H and O–H groups in total. The molecular formula is C10H21N. The molecule has 1 nitrogen and oxygen atoms in total. The Morgan fingerprint density at radius 2 is 1.55 bits per heavy atom. The highest BCUT2D eigenvalue weighted by Gasteiger charge is 1.66. The highest BCUT2D eigenvalue weighted by Crippen LogP contribution is 1.84. The Bertz CT molecular complexity index is 101. The summed E-state index contributed by atoms with van der Waals surface area (Å²) in [5, 5.41) is 6.54. The van der Waals surface area contributed by atoms with Crippen LogP contribution in [0.1, 0.15) is 34.6 Å². The highest BCUT2D eigenvalue weighted by atomic mass is 14.3. The zero-order valence-electron chi connectivity index (χ0n) is 8.44. The molecule has 0 aliphatic carbocycles. The first-order valence-electron chi connectivity index (χ1n) is 4.10. The topological polar surface area (TPSA) is 23.9 Å². The van der Waals surface area contributed by atoms with Gasteiger partial charge in [-0.25, -0.2) is 0 Å². The van der Waals surface area contributed by atoms with E-state index in [1.165, 1.54) is 6.21 Å². The molecule has 0 atom stereocenters. The molecule has 0 saturated heterocycles. The highest BCUT2D eigenvalue weighted by molar-refractivity contribution is 5.68. The van der Waals surface area contributed by atoms with Crippen LogP contribution < -0.4 is 0 Å². The molecule has 0 amide bonds. The molecule has 0 fully saturated rings. The Morgan fingerprint density at radius 1 is 1.18 bits per heavy atom. The van der Waals surface area contributed by atoms with Crippen LogP contribution in [0, 0.1) is 5.41 Å². The van der Waals surface area contributed by atoms with E-state index in [9.17, 15) is 0 Å². The van der Waals surface area contributed by atoms with E-state index in [4.69, 9.17) is 5.41 Å². The number of allylic oxidation sites excluding steroid dienone is 3. The van der Waals surface area contributed by atoms with Crippen molar-refractivity contribution in [3.63, 3.8) is 0 Å². The van der Waals surface area contributed by atoms with Gasteiger partial charge in [-0.2, -0.15) is 0 Å². The third-order valence-electron chi connectivity index (χ3n) is 0.477. The Kier molecular flexibility index (Phi) is 34.6. The van der Waals surface area contributed by atoms with Crippen LogP contribution in [0.4, 0.5) is 0 Å². The quantitative estimate of drug-likeness (QED) is 0.463. The summed E-state index contributed by atoms with van der Waals surface area (Å²) in [4.78, 5) is 0. The van der Waals surface area contributed by atoms with Crippen molar-refractivity contribution in [3.05, 3.63) is 24.3 Å². The summed E-state index contributed by atoms with van der Waals surface area (Å²) in [5.41, 5.74) is 0.975. The molecule has 0 saturated carbocycles. The second-order valence-corrected chi connectivity index (χ2v) is 1.37. The predicted octanol–water partition coefficient (Wildman–Crippen LogP) is 3.82. The van der Waals surface area contributed by atoms with Crippen LogP contribution in [0.2, 0.25) is 0 Å². The average Bonchev–Trinajstić information content (AvgIpc) is 2.08. The van der Waals surface area contributed by atoms with Gasteiger partial charge in [0.05, 0.1) is 0 Å². The Balaban J connectivity index is -0.000000138. The molecule has 1 heteroatoms. The minimum Gasteiger partial charge on any atom is -0.309 e. The fourth-order valence-electron chi connectivity index (χ4n) is 0.212. The number of rotatable bonds is 2. The van der Waals surface area contributed by atoms with Gasteiger partial charge in [0.25, 0.3) is 0 Å². The number of nitrogens with one attached hydrogen (secondary N) is 1. The maximum absolute atomic E-state index is 6.54. The summed E-state index contributed by atoms with van der Waals surface area (Å²) in [6, 6.07) is 0. The predicted molar refractivity (Wildman–Crippen MR) is 55.4 cm³/mol. The first kappa shape index (κ1) is 16.6. The van der Waals surface area contributed by atoms with Gasteiger partial charge in [0.1, 0.15) is 0 Å². The van der Waals surface area contributed by atoms with Crippen molar-refractivity contribution in [2.75, 3.05) is 0 Å². The van der Waals surface area contributed by atoms with Crippen molar-refractivity contribution in [1.82, 2.24) is 0 Å². The molecule has 0 aromatic carbocycles. The van der Waals surface area contributed by atoms with E-state index in [2.05, 4.69) is 6.58 Å². The summed E-state index contributed by atoms with van der Waals surface area (Å²) in [7, 11) is 0. The van der Waals surface area contributed by atoms with Crippen molar-refractivity contribution in [2.45, 2.75) is 34.6 Å². The standard InChI is InChI=1S/C6H9N.2C2H6/c1-6(2)4-3-5-7;2*1-2/h3-5,7H,1H2,2H3;2*1-2H3/b4-3-,7-5?;;. The minimum absolute atomic E-state index is 0.975. The van der Waals surface area contributed by atoms with Crippen molar-refractivity contribution < 1.29 is 0 Å². The molecule has 0 radical (unpaired) electrons. The summed E-state index contributed by atoms with van der Waals surface area (Å²) >= 11 is 0. The lowest BCUT2D eigenvalue weighted by Gasteiger charge is -1.76. The van der Waals surface area contributed by atoms with Gasteiger partial charge in [0.2, 0.25) is 0 Å². The SMILES string of the molecule is C=C(C)/C=C\C=N.CC.CC. The fraction of sp³-hybridized carbons (Fsp3) is 0.500. The van der Waals surface area contributed by atoms with Crippen LogP contribution in [-0.4, -0.2) is 6.21 Å². The van der Waals surface area contributed by atoms with E-state index in [-0.39, 0.29) is 0 Å². The molecule has 0 aliphatic heterocycles. The monoisotopic (exact) mass is 155 g/mol. The second-order valence-electron chi connectivity index (χ2n) is 1.37.